The van der Waals surface area contributed by atoms with Crippen molar-refractivity contribution in [2.24, 2.45) is 0 Å². The Morgan fingerprint density at radius 1 is 1.18 bits per heavy atom. The van der Waals surface area contributed by atoms with Crippen LogP contribution in [0, 0.1) is 0 Å². The Kier molecular flexibility index (Phi) is 5.17. The van der Waals surface area contributed by atoms with Gasteiger partial charge in [-0.3, -0.25) is 9.59 Å². The summed E-state index contributed by atoms with van der Waals surface area (Å²) in [7, 11) is 1.54. The maximum Gasteiger partial charge on any atom is 0.228 e. The monoisotopic (exact) mass is 317 g/mol. The summed E-state index contributed by atoms with van der Waals surface area (Å²) in [5, 5.41) is 3.31. The van der Waals surface area contributed by atoms with Crippen molar-refractivity contribution in [3.8, 4) is 5.75 Å². The summed E-state index contributed by atoms with van der Waals surface area (Å²) in [6, 6.07) is 11.9. The van der Waals surface area contributed by atoms with E-state index < -0.39 is 0 Å². The van der Waals surface area contributed by atoms with Gasteiger partial charge in [-0.25, -0.2) is 0 Å². The quantitative estimate of drug-likeness (QED) is 0.855. The van der Waals surface area contributed by atoms with Crippen molar-refractivity contribution in [3.63, 3.8) is 0 Å². The number of carbonyl (C=O) groups excluding carboxylic acids is 2. The smallest absolute Gasteiger partial charge is 0.228 e. The molecule has 22 heavy (non-hydrogen) atoms. The standard InChI is InChI=1S/C17H16ClNO3/c1-11(20)12-4-3-5-15(9-12)19-17(21)10-13-8-14(18)6-7-16(13)22-2/h3-9H,10H2,1-2H3,(H,19,21). The normalized spacial score (nSPS) is 10.1. The lowest BCUT2D eigenvalue weighted by Gasteiger charge is -2.10. The number of anilines is 1. The topological polar surface area (TPSA) is 55.4 Å². The maximum atomic E-state index is 12.1. The van der Waals surface area contributed by atoms with Crippen LogP contribution in [0.1, 0.15) is 22.8 Å². The van der Waals surface area contributed by atoms with Crippen LogP contribution in [-0.2, 0) is 11.2 Å². The van der Waals surface area contributed by atoms with Crippen molar-refractivity contribution >= 4 is 29.0 Å². The number of ether oxygens (including phenoxy) is 1. The molecule has 0 saturated heterocycles. The van der Waals surface area contributed by atoms with Crippen molar-refractivity contribution in [3.05, 3.63) is 58.6 Å². The summed E-state index contributed by atoms with van der Waals surface area (Å²) < 4.78 is 5.22. The molecule has 2 aromatic rings. The molecule has 0 aliphatic heterocycles. The van der Waals surface area contributed by atoms with E-state index in [1.54, 1.807) is 49.6 Å². The third-order valence-electron chi connectivity index (χ3n) is 3.15. The highest BCUT2D eigenvalue weighted by atomic mass is 35.5. The SMILES string of the molecule is COc1ccc(Cl)cc1CC(=O)Nc1cccc(C(C)=O)c1. The molecule has 4 nitrogen and oxygen atoms in total. The molecule has 2 aromatic carbocycles. The second kappa shape index (κ2) is 7.09. The number of benzene rings is 2. The Balaban J connectivity index is 2.12. The zero-order valence-corrected chi connectivity index (χ0v) is 13.1. The van der Waals surface area contributed by atoms with Gasteiger partial charge >= 0.3 is 0 Å². The van der Waals surface area contributed by atoms with Gasteiger partial charge in [0.1, 0.15) is 5.75 Å². The van der Waals surface area contributed by atoms with E-state index in [2.05, 4.69) is 5.32 Å². The van der Waals surface area contributed by atoms with Crippen molar-refractivity contribution in [1.29, 1.82) is 0 Å². The van der Waals surface area contributed by atoms with E-state index in [0.717, 1.165) is 0 Å². The Morgan fingerprint density at radius 3 is 2.64 bits per heavy atom. The van der Waals surface area contributed by atoms with E-state index in [-0.39, 0.29) is 18.1 Å². The Morgan fingerprint density at radius 2 is 1.95 bits per heavy atom. The molecule has 0 aliphatic rings. The van der Waals surface area contributed by atoms with E-state index in [1.165, 1.54) is 6.92 Å². The van der Waals surface area contributed by atoms with Crippen LogP contribution < -0.4 is 10.1 Å². The molecule has 2 rings (SSSR count). The molecule has 0 fully saturated rings. The fourth-order valence-electron chi connectivity index (χ4n) is 2.08. The maximum absolute atomic E-state index is 12.1. The van der Waals surface area contributed by atoms with Crippen LogP contribution in [0.2, 0.25) is 5.02 Å². The van der Waals surface area contributed by atoms with Gasteiger partial charge in [0.25, 0.3) is 0 Å². The Labute approximate surface area is 134 Å². The van der Waals surface area contributed by atoms with E-state index in [9.17, 15) is 9.59 Å². The van der Waals surface area contributed by atoms with E-state index in [4.69, 9.17) is 16.3 Å². The average Bonchev–Trinajstić information content (AvgIpc) is 2.47. The predicted molar refractivity (Wildman–Crippen MR) is 86.8 cm³/mol. The highest BCUT2D eigenvalue weighted by Crippen LogP contribution is 2.23. The summed E-state index contributed by atoms with van der Waals surface area (Å²) in [6.07, 6.45) is 0.133. The summed E-state index contributed by atoms with van der Waals surface area (Å²) in [5.74, 6) is 0.353. The second-order valence-corrected chi connectivity index (χ2v) is 5.25. The summed E-state index contributed by atoms with van der Waals surface area (Å²) in [4.78, 5) is 23.5. The molecule has 5 heteroatoms. The first-order chi connectivity index (χ1) is 10.5. The van der Waals surface area contributed by atoms with E-state index in [0.29, 0.717) is 27.6 Å². The number of hydrogen-bond acceptors (Lipinski definition) is 3. The molecule has 114 valence electrons. The van der Waals surface area contributed by atoms with Gasteiger partial charge in [-0.15, -0.1) is 0 Å². The Bertz CT molecular complexity index is 713. The molecule has 0 radical (unpaired) electrons. The number of Topliss-reactive ketones (excluding diaryl/α,β-unsaturated/α-hetero) is 1. The third-order valence-corrected chi connectivity index (χ3v) is 3.38. The van der Waals surface area contributed by atoms with Crippen molar-refractivity contribution in [1.82, 2.24) is 0 Å². The fourth-order valence-corrected chi connectivity index (χ4v) is 2.27. The van der Waals surface area contributed by atoms with Crippen LogP contribution in [0.3, 0.4) is 0 Å². The number of ketones is 1. The van der Waals surface area contributed by atoms with Crippen molar-refractivity contribution in [2.45, 2.75) is 13.3 Å². The molecular weight excluding hydrogens is 302 g/mol. The van der Waals surface area contributed by atoms with Crippen LogP contribution in [0.25, 0.3) is 0 Å². The van der Waals surface area contributed by atoms with E-state index >= 15 is 0 Å². The van der Waals surface area contributed by atoms with Gasteiger partial charge in [0, 0.05) is 21.8 Å². The molecule has 0 aliphatic carbocycles. The molecule has 1 N–H and O–H groups in total. The molecule has 0 bridgehead atoms. The fraction of sp³-hybridized carbons (Fsp3) is 0.176. The molecular formula is C17H16ClNO3. The zero-order chi connectivity index (χ0) is 16.1. The predicted octanol–water partition coefficient (Wildman–Crippen LogP) is 3.73. The lowest BCUT2D eigenvalue weighted by molar-refractivity contribution is -0.115. The molecule has 0 unspecified atom stereocenters. The number of methoxy groups -OCH3 is 1. The first-order valence-corrected chi connectivity index (χ1v) is 7.10. The van der Waals surface area contributed by atoms with Crippen LogP contribution >= 0.6 is 11.6 Å². The second-order valence-electron chi connectivity index (χ2n) is 4.82. The van der Waals surface area contributed by atoms with Crippen LogP contribution in [0.15, 0.2) is 42.5 Å². The molecule has 0 spiro atoms. The minimum atomic E-state index is -0.207. The number of carbonyl (C=O) groups is 2. The van der Waals surface area contributed by atoms with Crippen LogP contribution in [0.5, 0.6) is 5.75 Å². The first kappa shape index (κ1) is 16.0. The van der Waals surface area contributed by atoms with Gasteiger partial charge in [0.2, 0.25) is 5.91 Å². The van der Waals surface area contributed by atoms with Gasteiger partial charge in [-0.1, -0.05) is 23.7 Å². The molecule has 0 saturated carbocycles. The van der Waals surface area contributed by atoms with Crippen LogP contribution in [-0.4, -0.2) is 18.8 Å². The minimum absolute atomic E-state index is 0.0485. The number of rotatable bonds is 5. The van der Waals surface area contributed by atoms with E-state index in [1.807, 2.05) is 0 Å². The third kappa shape index (κ3) is 4.09. The lowest BCUT2D eigenvalue weighted by atomic mass is 10.1. The van der Waals surface area contributed by atoms with Crippen molar-refractivity contribution in [2.75, 3.05) is 12.4 Å². The molecule has 0 heterocycles. The van der Waals surface area contributed by atoms with Gasteiger partial charge in [0.05, 0.1) is 13.5 Å². The van der Waals surface area contributed by atoms with Gasteiger partial charge in [-0.2, -0.15) is 0 Å². The minimum Gasteiger partial charge on any atom is -0.496 e. The average molecular weight is 318 g/mol. The highest BCUT2D eigenvalue weighted by molar-refractivity contribution is 6.30. The highest BCUT2D eigenvalue weighted by Gasteiger charge is 2.10. The number of hydrogen-bond donors (Lipinski definition) is 1. The molecule has 0 atom stereocenters. The lowest BCUT2D eigenvalue weighted by Crippen LogP contribution is -2.15. The summed E-state index contributed by atoms with van der Waals surface area (Å²) >= 11 is 5.95. The first-order valence-electron chi connectivity index (χ1n) is 6.73. The van der Waals surface area contributed by atoms with Gasteiger partial charge < -0.3 is 10.1 Å². The number of nitrogens with one attached hydrogen (secondary N) is 1. The van der Waals surface area contributed by atoms with Crippen molar-refractivity contribution < 1.29 is 14.3 Å². The van der Waals surface area contributed by atoms with Crippen LogP contribution in [0.4, 0.5) is 5.69 Å². The molecule has 1 amide bonds. The molecule has 0 aromatic heterocycles. The largest absolute Gasteiger partial charge is 0.496 e. The number of halogens is 1. The Hall–Kier alpha value is -2.33. The summed E-state index contributed by atoms with van der Waals surface area (Å²) in [6.45, 7) is 1.48. The zero-order valence-electron chi connectivity index (χ0n) is 12.4. The number of amides is 1. The van der Waals surface area contributed by atoms with Gasteiger partial charge in [0.15, 0.2) is 5.78 Å². The summed E-state index contributed by atoms with van der Waals surface area (Å²) in [5.41, 5.74) is 1.84. The van der Waals surface area contributed by atoms with Gasteiger partial charge in [-0.05, 0) is 37.3 Å².